The van der Waals surface area contributed by atoms with Crippen LogP contribution in [0.1, 0.15) is 173 Å². The van der Waals surface area contributed by atoms with E-state index in [9.17, 15) is 0 Å². The van der Waals surface area contributed by atoms with Crippen LogP contribution < -0.4 is 10.4 Å². The summed E-state index contributed by atoms with van der Waals surface area (Å²) in [4.78, 5) is 23.7. The second-order valence-corrected chi connectivity index (χ2v) is 53.5. The van der Waals surface area contributed by atoms with E-state index in [-0.39, 0.29) is 0 Å². The molecule has 9 nitrogen and oxygen atoms in total. The number of oxazole rings is 1. The third-order valence-corrected chi connectivity index (χ3v) is 39.5. The maximum atomic E-state index is 5.50. The third-order valence-electron chi connectivity index (χ3n) is 25.9. The van der Waals surface area contributed by atoms with Gasteiger partial charge < -0.3 is 18.0 Å². The van der Waals surface area contributed by atoms with E-state index in [1.54, 1.807) is 30.4 Å². The Labute approximate surface area is 773 Å². The molecule has 20 rings (SSSR count). The van der Waals surface area contributed by atoms with E-state index in [0.29, 0.717) is 29.0 Å². The van der Waals surface area contributed by atoms with Crippen molar-refractivity contribution in [2.24, 2.45) is 19.1 Å². The van der Waals surface area contributed by atoms with Gasteiger partial charge in [-0.15, -0.1) is 22.7 Å². The zero-order valence-corrected chi connectivity index (χ0v) is 89.1. The Hall–Kier alpha value is -9.64. The molecule has 0 radical (unpaired) electrons. The number of aromatic nitrogens is 6. The van der Waals surface area contributed by atoms with E-state index in [2.05, 4.69) is 407 Å². The number of furan rings is 1. The van der Waals surface area contributed by atoms with Gasteiger partial charge in [-0.3, -0.25) is 4.99 Å². The molecule has 0 N–H and O–H groups in total. The van der Waals surface area contributed by atoms with Crippen molar-refractivity contribution in [3.05, 3.63) is 310 Å². The number of imidazole rings is 1. The molecule has 126 heavy (non-hydrogen) atoms. The Morgan fingerprint density at radius 1 is 0.325 bits per heavy atom. The van der Waals surface area contributed by atoms with Crippen LogP contribution in [0.2, 0.25) is 26.2 Å². The van der Waals surface area contributed by atoms with Gasteiger partial charge >= 0.3 is 157 Å². The SMILES string of the molecule is CC1=Cc2cc(C)c(C)cc2[Si]1(C)C.CC1=Nc2cc(C)c(C)cc2[Si]1(C)C.Cc1cc2cc(C)c(C)cc2[se]1.Cc1cc2cc(C)c(C)cc2o1.Cc1cc2cc(C)c(C)cc2s1.Cc1cc2cc(C)n(C)c2cc1C.Cc1cc2nc(C)n(C)c2cc1C.Cc1nc2cc(C)c(C)cc2[se]1.Cc1nc2cc(C)c(C)cc2o1.Cc1nc2cc(C)c(C)cc2s1. The van der Waals surface area contributed by atoms with Gasteiger partial charge in [0, 0.05) is 57.9 Å². The largest absolute Gasteiger partial charge is 0.441 e. The average molecular weight is 1880 g/mol. The molecule has 10 heterocycles. The molecule has 0 fully saturated rings. The van der Waals surface area contributed by atoms with Crippen molar-refractivity contribution >= 4 is 179 Å². The summed E-state index contributed by atoms with van der Waals surface area (Å²) in [6.07, 6.45) is 2.38. The zero-order chi connectivity index (χ0) is 92.5. The Kier molecular flexibility index (Phi) is 30.7. The van der Waals surface area contributed by atoms with Gasteiger partial charge in [0.2, 0.25) is 0 Å². The second-order valence-electron chi connectivity index (χ2n) is 36.6. The Bertz CT molecular complexity index is 6130. The summed E-state index contributed by atoms with van der Waals surface area (Å²) in [5.41, 5.74) is 40.0. The molecule has 0 spiro atoms. The number of rotatable bonds is 0. The van der Waals surface area contributed by atoms with Crippen molar-refractivity contribution in [3.63, 3.8) is 0 Å². The molecule has 10 aromatic carbocycles. The Morgan fingerprint density at radius 3 is 1.43 bits per heavy atom. The average Bonchev–Trinajstić information content (AvgIpc) is 1.62. The topological polar surface area (TPSA) is 100 Å². The second kappa shape index (κ2) is 39.9. The molecule has 18 aromatic rings. The number of thiophene rings is 1. The molecule has 0 atom stereocenters. The minimum Gasteiger partial charge on any atom is -0.441 e. The molecule has 0 amide bonds. The van der Waals surface area contributed by atoms with Crippen molar-refractivity contribution in [2.45, 2.75) is 234 Å². The first kappa shape index (κ1) is 97.0. The van der Waals surface area contributed by atoms with Crippen LogP contribution in [0.25, 0.3) is 89.8 Å². The normalized spacial score (nSPS) is 12.5. The summed E-state index contributed by atoms with van der Waals surface area (Å²) in [5, 5.41) is 12.6. The van der Waals surface area contributed by atoms with Gasteiger partial charge in [0.25, 0.3) is 0 Å². The molecule has 0 aliphatic carbocycles. The van der Waals surface area contributed by atoms with Crippen LogP contribution in [0.15, 0.2) is 165 Å². The molecule has 0 saturated carbocycles. The first-order valence-corrected chi connectivity index (χ1v) is 55.0. The van der Waals surface area contributed by atoms with Crippen molar-refractivity contribution in [1.29, 1.82) is 0 Å². The van der Waals surface area contributed by atoms with E-state index in [0.717, 1.165) is 50.2 Å². The van der Waals surface area contributed by atoms with Crippen molar-refractivity contribution in [1.82, 2.24) is 29.1 Å². The van der Waals surface area contributed by atoms with Crippen LogP contribution >= 0.6 is 22.7 Å². The summed E-state index contributed by atoms with van der Waals surface area (Å²) in [6.45, 7) is 73.7. The van der Waals surface area contributed by atoms with Crippen LogP contribution in [0.3, 0.4) is 0 Å². The van der Waals surface area contributed by atoms with Gasteiger partial charge in [-0.25, -0.2) is 15.0 Å². The molecule has 0 unspecified atom stereocenters. The molecule has 2 aliphatic rings. The predicted octanol–water partition coefficient (Wildman–Crippen LogP) is 29.8. The third kappa shape index (κ3) is 22.7. The van der Waals surface area contributed by atoms with E-state index in [1.807, 2.05) is 38.2 Å². The molecule has 0 bridgehead atoms. The van der Waals surface area contributed by atoms with Gasteiger partial charge in [0.1, 0.15) is 38.8 Å². The number of thiazole rings is 1. The first-order valence-electron chi connectivity index (χ1n) is 43.9. The van der Waals surface area contributed by atoms with Gasteiger partial charge in [0.15, 0.2) is 11.5 Å². The number of benzene rings is 10. The van der Waals surface area contributed by atoms with E-state index in [1.165, 1.54) is 200 Å². The maximum absolute atomic E-state index is 5.50. The maximum Gasteiger partial charge on any atom is 0.192 e. The standard InChI is InChI=1S/C13H18Si.C12H17NSi.C12H15N.C11H14N2.C11H12O.C11H12S.C11H12Se.C10H11NO.C10H11NS.C10H11NSe/c1-9-6-12-8-11(3)14(4,5)13(12)7-10(9)2;1-8-6-11-12(7-9(8)2)14(4,5)10(3)13-11;1-8-5-11-7-10(3)13(4)12(11)6-9(8)2;1-7-5-10-11(6-8(7)2)13(4)9(3)12-10;3*1-7-4-10-6-9(3)12-11(10)5-8(7)2;3*1-6-4-9-10(5-7(6)2)12-8(3)11-9/h6-8H,1-5H3;6-7H,1-5H3;5-7H,1-4H3;5-6H,1-4H3;3*4-6H,1-3H3;3*4-5H,1-3H3. The fourth-order valence-corrected chi connectivity index (χ4v) is 26.0. The fourth-order valence-electron chi connectivity index (χ4n) is 15.5. The summed E-state index contributed by atoms with van der Waals surface area (Å²) >= 11 is 4.74. The Morgan fingerprint density at radius 2 is 0.802 bits per heavy atom. The summed E-state index contributed by atoms with van der Waals surface area (Å²) in [6, 6.07) is 53.5. The summed E-state index contributed by atoms with van der Waals surface area (Å²) in [5.74, 6) is 2.78. The molecule has 8 aromatic heterocycles. The number of hydrogen-bond donors (Lipinski definition) is 0. The predicted molar refractivity (Wildman–Crippen MR) is 561 cm³/mol. The number of hydrogen-bond acceptors (Lipinski definition) is 9. The van der Waals surface area contributed by atoms with Gasteiger partial charge in [0.05, 0.1) is 31.9 Å². The van der Waals surface area contributed by atoms with Gasteiger partial charge in [-0.1, -0.05) is 61.7 Å². The monoisotopic (exact) mass is 1880 g/mol. The van der Waals surface area contributed by atoms with Crippen LogP contribution in [-0.2, 0) is 14.1 Å². The van der Waals surface area contributed by atoms with Crippen LogP contribution in [0.4, 0.5) is 5.69 Å². The van der Waals surface area contributed by atoms with E-state index in [4.69, 9.17) is 8.83 Å². The smallest absolute Gasteiger partial charge is 0.192 e. The molecule has 0 saturated heterocycles. The summed E-state index contributed by atoms with van der Waals surface area (Å²) < 4.78 is 23.8. The Balaban J connectivity index is 0.000000136. The van der Waals surface area contributed by atoms with E-state index >= 15 is 0 Å². The summed E-state index contributed by atoms with van der Waals surface area (Å²) in [7, 11) is 1.55. The van der Waals surface area contributed by atoms with E-state index < -0.39 is 16.1 Å². The zero-order valence-electron chi connectivity index (χ0n) is 82.0. The van der Waals surface area contributed by atoms with Gasteiger partial charge in [-0.2, -0.15) is 0 Å². The quantitative estimate of drug-likeness (QED) is 0.140. The number of allylic oxidation sites excluding steroid dienone is 1. The van der Waals surface area contributed by atoms with Crippen LogP contribution in [-0.4, -0.2) is 79.6 Å². The van der Waals surface area contributed by atoms with Gasteiger partial charge in [-0.05, 0) is 361 Å². The first-order chi connectivity index (χ1) is 59.0. The van der Waals surface area contributed by atoms with Crippen LogP contribution in [0, 0.1) is 194 Å². The van der Waals surface area contributed by atoms with Crippen molar-refractivity contribution in [2.75, 3.05) is 0 Å². The fraction of sp³-hybridized carbons (Fsp3) is 0.324. The molecule has 2 aliphatic heterocycles. The van der Waals surface area contributed by atoms with Crippen molar-refractivity contribution < 1.29 is 8.83 Å². The number of aryl methyl sites for hydroxylation is 30. The van der Waals surface area contributed by atoms with Crippen LogP contribution in [0.5, 0.6) is 0 Å². The molecular weight excluding hydrogens is 1740 g/mol. The molecule has 656 valence electrons. The van der Waals surface area contributed by atoms with Crippen molar-refractivity contribution in [3.8, 4) is 0 Å². The number of aliphatic imine (C=N–C) groups is 1. The number of fused-ring (bicyclic) bond motifs is 10. The minimum atomic E-state index is -1.37. The molecule has 15 heteroatoms. The minimum absolute atomic E-state index is 0.494. The molecular formula is C111H133N7O2S2Se2Si2. The number of nitrogens with zero attached hydrogens (tertiary/aromatic N) is 7.